The predicted octanol–water partition coefficient (Wildman–Crippen LogP) is -3.38. The van der Waals surface area contributed by atoms with Gasteiger partial charge in [-0.15, -0.1) is 0 Å². The SMILES string of the molecule is O=C[C@H](O)[C@@H](O)[C@@H](O)[C@@H](O)CO. The van der Waals surface area contributed by atoms with Crippen molar-refractivity contribution in [2.24, 2.45) is 0 Å². The first-order valence-electron chi connectivity index (χ1n) is 3.33. The van der Waals surface area contributed by atoms with Crippen LogP contribution in [0.2, 0.25) is 0 Å². The zero-order valence-corrected chi connectivity index (χ0v) is 6.24. The number of rotatable bonds is 5. The normalized spacial score (nSPS) is 21.1. The van der Waals surface area contributed by atoms with Crippen LogP contribution in [-0.2, 0) is 4.79 Å². The van der Waals surface area contributed by atoms with Gasteiger partial charge in [-0.25, -0.2) is 0 Å². The Morgan fingerprint density at radius 2 is 1.58 bits per heavy atom. The minimum atomic E-state index is -1.79. The highest BCUT2D eigenvalue weighted by Crippen LogP contribution is 2.02. The van der Waals surface area contributed by atoms with E-state index in [1.165, 1.54) is 0 Å². The highest BCUT2D eigenvalue weighted by Gasteiger charge is 2.29. The summed E-state index contributed by atoms with van der Waals surface area (Å²) in [7, 11) is 0. The molecule has 0 unspecified atom stereocenters. The number of aldehydes is 1. The molecule has 0 saturated carbocycles. The molecule has 0 aromatic rings. The van der Waals surface area contributed by atoms with Crippen LogP contribution >= 0.6 is 0 Å². The van der Waals surface area contributed by atoms with Gasteiger partial charge >= 0.3 is 0 Å². The van der Waals surface area contributed by atoms with Gasteiger partial charge in [0.2, 0.25) is 0 Å². The lowest BCUT2D eigenvalue weighted by Gasteiger charge is -2.22. The van der Waals surface area contributed by atoms with E-state index in [2.05, 4.69) is 0 Å². The third-order valence-corrected chi connectivity index (χ3v) is 1.42. The van der Waals surface area contributed by atoms with Gasteiger partial charge in [0.1, 0.15) is 24.4 Å². The lowest BCUT2D eigenvalue weighted by Crippen LogP contribution is -2.46. The van der Waals surface area contributed by atoms with Crippen molar-refractivity contribution >= 4 is 6.29 Å². The molecule has 0 amide bonds. The molecule has 4 atom stereocenters. The summed E-state index contributed by atoms with van der Waals surface area (Å²) in [5.74, 6) is 0. The minimum absolute atomic E-state index is 0.0258. The highest BCUT2D eigenvalue weighted by molar-refractivity contribution is 5.56. The fourth-order valence-electron chi connectivity index (χ4n) is 0.618. The van der Waals surface area contributed by atoms with E-state index in [0.29, 0.717) is 0 Å². The van der Waals surface area contributed by atoms with Crippen molar-refractivity contribution in [2.45, 2.75) is 24.4 Å². The fourth-order valence-corrected chi connectivity index (χ4v) is 0.618. The van der Waals surface area contributed by atoms with E-state index in [-0.39, 0.29) is 6.29 Å². The Morgan fingerprint density at radius 1 is 1.08 bits per heavy atom. The first-order valence-corrected chi connectivity index (χ1v) is 3.33. The Balaban J connectivity index is 4.07. The maximum atomic E-state index is 9.90. The van der Waals surface area contributed by atoms with Crippen LogP contribution in [0.15, 0.2) is 0 Å². The average Bonchev–Trinajstić information content (AvgIpc) is 2.12. The van der Waals surface area contributed by atoms with E-state index in [1.54, 1.807) is 0 Å². The van der Waals surface area contributed by atoms with Crippen molar-refractivity contribution in [1.29, 1.82) is 0 Å². The molecule has 0 saturated heterocycles. The van der Waals surface area contributed by atoms with E-state index in [9.17, 15) is 4.79 Å². The Labute approximate surface area is 68.7 Å². The van der Waals surface area contributed by atoms with Gasteiger partial charge in [0, 0.05) is 0 Å². The second kappa shape index (κ2) is 5.18. The number of aliphatic hydroxyl groups excluding tert-OH is 5. The fraction of sp³-hybridized carbons (Fsp3) is 0.833. The summed E-state index contributed by atoms with van der Waals surface area (Å²) >= 11 is 0. The number of carbonyl (C=O) groups excluding carboxylic acids is 1. The van der Waals surface area contributed by atoms with Gasteiger partial charge < -0.3 is 30.3 Å². The van der Waals surface area contributed by atoms with E-state index in [1.807, 2.05) is 0 Å². The maximum absolute atomic E-state index is 9.90. The summed E-state index contributed by atoms with van der Waals surface area (Å²) in [6.07, 6.45) is -6.84. The van der Waals surface area contributed by atoms with Crippen LogP contribution in [0.25, 0.3) is 0 Å². The molecule has 0 heterocycles. The molecular weight excluding hydrogens is 168 g/mol. The first kappa shape index (κ1) is 11.5. The van der Waals surface area contributed by atoms with Crippen molar-refractivity contribution in [3.8, 4) is 0 Å². The van der Waals surface area contributed by atoms with Gasteiger partial charge in [-0.2, -0.15) is 0 Å². The molecule has 0 aliphatic heterocycles. The van der Waals surface area contributed by atoms with Crippen molar-refractivity contribution < 1.29 is 30.3 Å². The zero-order chi connectivity index (χ0) is 9.72. The molecule has 12 heavy (non-hydrogen) atoms. The number of hydrogen-bond acceptors (Lipinski definition) is 6. The van der Waals surface area contributed by atoms with Crippen molar-refractivity contribution in [2.75, 3.05) is 6.61 Å². The maximum Gasteiger partial charge on any atom is 0.151 e. The highest BCUT2D eigenvalue weighted by atomic mass is 16.4. The second-order valence-corrected chi connectivity index (χ2v) is 2.36. The number of aliphatic hydroxyl groups is 5. The van der Waals surface area contributed by atoms with E-state index >= 15 is 0 Å². The van der Waals surface area contributed by atoms with Crippen molar-refractivity contribution in [1.82, 2.24) is 0 Å². The quantitative estimate of drug-likeness (QED) is 0.282. The van der Waals surface area contributed by atoms with Crippen LogP contribution in [0.4, 0.5) is 0 Å². The summed E-state index contributed by atoms with van der Waals surface area (Å²) < 4.78 is 0. The van der Waals surface area contributed by atoms with Gasteiger partial charge in [0.25, 0.3) is 0 Å². The van der Waals surface area contributed by atoms with Crippen molar-refractivity contribution in [3.63, 3.8) is 0 Å². The van der Waals surface area contributed by atoms with Crippen LogP contribution in [0.1, 0.15) is 0 Å². The molecule has 0 aliphatic carbocycles. The molecule has 6 heteroatoms. The van der Waals surface area contributed by atoms with Gasteiger partial charge in [0.15, 0.2) is 6.29 Å². The zero-order valence-electron chi connectivity index (χ0n) is 6.24. The summed E-state index contributed by atoms with van der Waals surface area (Å²) in [6, 6.07) is 0. The summed E-state index contributed by atoms with van der Waals surface area (Å²) in [5.41, 5.74) is 0. The summed E-state index contributed by atoms with van der Waals surface area (Å²) in [4.78, 5) is 9.90. The third-order valence-electron chi connectivity index (χ3n) is 1.42. The molecule has 72 valence electrons. The number of hydrogen-bond donors (Lipinski definition) is 5. The van der Waals surface area contributed by atoms with Crippen LogP contribution in [0.5, 0.6) is 0 Å². The molecule has 0 bridgehead atoms. The molecular formula is C6H12O6. The standard InChI is InChI=1S/C6H12O6/c7-1-3(9)5(11)6(12)4(10)2-8/h1,3-6,8-12H,2H2/t3-,4-,5+,6-/m0/s1. The monoisotopic (exact) mass is 180 g/mol. The Bertz CT molecular complexity index is 138. The molecule has 0 aliphatic rings. The topological polar surface area (TPSA) is 118 Å². The van der Waals surface area contributed by atoms with Crippen molar-refractivity contribution in [3.05, 3.63) is 0 Å². The minimum Gasteiger partial charge on any atom is -0.394 e. The summed E-state index contributed by atoms with van der Waals surface area (Å²) in [6.45, 7) is -0.760. The van der Waals surface area contributed by atoms with E-state index in [4.69, 9.17) is 25.5 Å². The molecule has 6 nitrogen and oxygen atoms in total. The van der Waals surface area contributed by atoms with Crippen LogP contribution in [0.3, 0.4) is 0 Å². The van der Waals surface area contributed by atoms with Gasteiger partial charge in [-0.1, -0.05) is 0 Å². The summed E-state index contributed by atoms with van der Waals surface area (Å²) in [5, 5.41) is 43.5. The molecule has 0 rings (SSSR count). The second-order valence-electron chi connectivity index (χ2n) is 2.36. The molecule has 0 fully saturated rings. The molecule has 0 spiro atoms. The molecule has 0 aromatic carbocycles. The Morgan fingerprint density at radius 3 is 1.92 bits per heavy atom. The van der Waals surface area contributed by atoms with E-state index in [0.717, 1.165) is 0 Å². The smallest absolute Gasteiger partial charge is 0.151 e. The largest absolute Gasteiger partial charge is 0.394 e. The first-order chi connectivity index (χ1) is 5.54. The molecule has 5 N–H and O–H groups in total. The lowest BCUT2D eigenvalue weighted by atomic mass is 10.0. The average molecular weight is 180 g/mol. The van der Waals surface area contributed by atoms with Crippen LogP contribution in [0, 0.1) is 0 Å². The Kier molecular flexibility index (Phi) is 4.95. The van der Waals surface area contributed by atoms with Gasteiger partial charge in [-0.3, -0.25) is 0 Å². The Hall–Kier alpha value is -0.530. The molecule has 0 aromatic heterocycles. The van der Waals surface area contributed by atoms with Gasteiger partial charge in [-0.05, 0) is 0 Å². The van der Waals surface area contributed by atoms with Crippen LogP contribution in [-0.4, -0.2) is 62.8 Å². The lowest BCUT2D eigenvalue weighted by molar-refractivity contribution is -0.136. The molecule has 0 radical (unpaired) electrons. The third kappa shape index (κ3) is 2.84. The van der Waals surface area contributed by atoms with E-state index < -0.39 is 31.0 Å². The van der Waals surface area contributed by atoms with Crippen LogP contribution < -0.4 is 0 Å². The number of carbonyl (C=O) groups is 1. The van der Waals surface area contributed by atoms with Gasteiger partial charge in [0.05, 0.1) is 6.61 Å². The predicted molar refractivity (Wildman–Crippen MR) is 37.2 cm³/mol.